The van der Waals surface area contributed by atoms with Crippen LogP contribution in [0, 0.1) is 23.0 Å². The Kier molecular flexibility index (Phi) is 3.95. The maximum absolute atomic E-state index is 10.6. The van der Waals surface area contributed by atoms with E-state index in [1.807, 2.05) is 13.8 Å². The molecule has 0 amide bonds. The van der Waals surface area contributed by atoms with Crippen molar-refractivity contribution >= 4 is 5.69 Å². The summed E-state index contributed by atoms with van der Waals surface area (Å²) in [6.45, 7) is 5.80. The van der Waals surface area contributed by atoms with Crippen molar-refractivity contribution in [3.8, 4) is 0 Å². The van der Waals surface area contributed by atoms with Crippen molar-refractivity contribution in [1.82, 2.24) is 4.98 Å². The fourth-order valence-corrected chi connectivity index (χ4v) is 1.39. The molecule has 1 heterocycles. The second-order valence-corrected chi connectivity index (χ2v) is 4.33. The van der Waals surface area contributed by atoms with Gasteiger partial charge >= 0.3 is 0 Å². The predicted octanol–water partition coefficient (Wildman–Crippen LogP) is 1.82. The summed E-state index contributed by atoms with van der Waals surface area (Å²) in [5, 5.41) is 10.6. The first kappa shape index (κ1) is 12.6. The van der Waals surface area contributed by atoms with E-state index in [2.05, 4.69) is 4.98 Å². The lowest BCUT2D eigenvalue weighted by Gasteiger charge is -2.14. The average molecular weight is 223 g/mol. The van der Waals surface area contributed by atoms with Gasteiger partial charge in [0.25, 0.3) is 5.69 Å². The van der Waals surface area contributed by atoms with Gasteiger partial charge in [0, 0.05) is 23.7 Å². The van der Waals surface area contributed by atoms with Crippen LogP contribution in [0.25, 0.3) is 0 Å². The van der Waals surface area contributed by atoms with E-state index in [1.54, 1.807) is 13.0 Å². The largest absolute Gasteiger partial charge is 0.327 e. The molecule has 0 aromatic carbocycles. The normalized spacial score (nSPS) is 12.8. The molecule has 5 nitrogen and oxygen atoms in total. The first-order chi connectivity index (χ1) is 7.41. The molecule has 1 aromatic heterocycles. The van der Waals surface area contributed by atoms with Crippen LogP contribution in [0.4, 0.5) is 5.69 Å². The average Bonchev–Trinajstić information content (AvgIpc) is 2.16. The molecule has 1 aromatic rings. The number of hydrogen-bond acceptors (Lipinski definition) is 4. The molecular formula is C11H17N3O2. The van der Waals surface area contributed by atoms with E-state index in [1.165, 1.54) is 6.20 Å². The maximum Gasteiger partial charge on any atom is 0.290 e. The third-order valence-electron chi connectivity index (χ3n) is 2.64. The molecule has 5 heteroatoms. The van der Waals surface area contributed by atoms with E-state index in [-0.39, 0.29) is 11.7 Å². The molecule has 0 spiro atoms. The summed E-state index contributed by atoms with van der Waals surface area (Å²) in [5.41, 5.74) is 7.42. The quantitative estimate of drug-likeness (QED) is 0.623. The Labute approximate surface area is 94.8 Å². The number of rotatable bonds is 4. The molecule has 0 fully saturated rings. The lowest BCUT2D eigenvalue weighted by atomic mass is 9.99. The monoisotopic (exact) mass is 223 g/mol. The molecule has 0 saturated carbocycles. The second-order valence-electron chi connectivity index (χ2n) is 4.33. The molecule has 0 aliphatic carbocycles. The summed E-state index contributed by atoms with van der Waals surface area (Å²) < 4.78 is 0. The summed E-state index contributed by atoms with van der Waals surface area (Å²) in [4.78, 5) is 14.2. The Bertz CT molecular complexity index is 391. The van der Waals surface area contributed by atoms with Crippen molar-refractivity contribution in [2.75, 3.05) is 0 Å². The number of nitrogens with zero attached hydrogens (tertiary/aromatic N) is 2. The van der Waals surface area contributed by atoms with E-state index in [4.69, 9.17) is 5.73 Å². The Morgan fingerprint density at radius 3 is 2.62 bits per heavy atom. The van der Waals surface area contributed by atoms with Gasteiger partial charge in [-0.2, -0.15) is 0 Å². The van der Waals surface area contributed by atoms with Crippen molar-refractivity contribution in [3.05, 3.63) is 33.6 Å². The van der Waals surface area contributed by atoms with Crippen LogP contribution in [0.1, 0.15) is 25.1 Å². The van der Waals surface area contributed by atoms with E-state index in [0.29, 0.717) is 17.9 Å². The molecule has 1 unspecified atom stereocenters. The number of aryl methyl sites for hydroxylation is 1. The molecule has 88 valence electrons. The fraction of sp³-hybridized carbons (Fsp3) is 0.545. The summed E-state index contributed by atoms with van der Waals surface area (Å²) in [6, 6.07) is 1.77. The molecule has 0 aliphatic heterocycles. The van der Waals surface area contributed by atoms with Crippen molar-refractivity contribution in [2.24, 2.45) is 11.7 Å². The lowest BCUT2D eigenvalue weighted by Crippen LogP contribution is -2.29. The van der Waals surface area contributed by atoms with Crippen LogP contribution in [0.3, 0.4) is 0 Å². The Hall–Kier alpha value is -1.49. The topological polar surface area (TPSA) is 82.0 Å². The molecule has 0 radical (unpaired) electrons. The fourth-order valence-electron chi connectivity index (χ4n) is 1.39. The molecule has 0 aliphatic rings. The summed E-state index contributed by atoms with van der Waals surface area (Å²) in [7, 11) is 0. The van der Waals surface area contributed by atoms with E-state index < -0.39 is 4.92 Å². The molecular weight excluding hydrogens is 206 g/mol. The van der Waals surface area contributed by atoms with E-state index in [9.17, 15) is 10.1 Å². The van der Waals surface area contributed by atoms with Crippen LogP contribution in [0.15, 0.2) is 12.3 Å². The smallest absolute Gasteiger partial charge is 0.290 e. The van der Waals surface area contributed by atoms with Gasteiger partial charge in [0.2, 0.25) is 0 Å². The summed E-state index contributed by atoms with van der Waals surface area (Å²) >= 11 is 0. The van der Waals surface area contributed by atoms with Gasteiger partial charge in [-0.05, 0) is 18.9 Å². The molecule has 1 atom stereocenters. The van der Waals surface area contributed by atoms with Crippen LogP contribution in [-0.2, 0) is 6.42 Å². The molecule has 16 heavy (non-hydrogen) atoms. The maximum atomic E-state index is 10.6. The van der Waals surface area contributed by atoms with Crippen LogP contribution in [-0.4, -0.2) is 15.9 Å². The van der Waals surface area contributed by atoms with Crippen molar-refractivity contribution in [3.63, 3.8) is 0 Å². The zero-order valence-corrected chi connectivity index (χ0v) is 9.80. The van der Waals surface area contributed by atoms with Crippen LogP contribution >= 0.6 is 0 Å². The lowest BCUT2D eigenvalue weighted by molar-refractivity contribution is -0.385. The Morgan fingerprint density at radius 2 is 2.19 bits per heavy atom. The number of nitro groups is 1. The number of hydrogen-bond donors (Lipinski definition) is 1. The number of pyridine rings is 1. The van der Waals surface area contributed by atoms with Gasteiger partial charge in [-0.1, -0.05) is 13.8 Å². The van der Waals surface area contributed by atoms with Crippen molar-refractivity contribution in [1.29, 1.82) is 0 Å². The first-order valence-corrected chi connectivity index (χ1v) is 5.27. The highest BCUT2D eigenvalue weighted by Gasteiger charge is 2.14. The van der Waals surface area contributed by atoms with Gasteiger partial charge in [-0.25, -0.2) is 0 Å². The van der Waals surface area contributed by atoms with Gasteiger partial charge in [0.15, 0.2) is 0 Å². The SMILES string of the molecule is Cc1cc(CC(N)C(C)C)ncc1[N+](=O)[O-]. The first-order valence-electron chi connectivity index (χ1n) is 5.27. The highest BCUT2D eigenvalue weighted by Crippen LogP contribution is 2.17. The van der Waals surface area contributed by atoms with Crippen LogP contribution in [0.5, 0.6) is 0 Å². The van der Waals surface area contributed by atoms with Crippen molar-refractivity contribution < 1.29 is 4.92 Å². The highest BCUT2D eigenvalue weighted by molar-refractivity contribution is 5.37. The number of nitrogens with two attached hydrogens (primary N) is 1. The molecule has 0 bridgehead atoms. The minimum atomic E-state index is -0.422. The third kappa shape index (κ3) is 3.00. The summed E-state index contributed by atoms with van der Waals surface area (Å²) in [5.74, 6) is 0.372. The van der Waals surface area contributed by atoms with Gasteiger partial charge in [-0.15, -0.1) is 0 Å². The van der Waals surface area contributed by atoms with Gasteiger partial charge in [-0.3, -0.25) is 15.1 Å². The Balaban J connectivity index is 2.85. The Morgan fingerprint density at radius 1 is 1.56 bits per heavy atom. The second kappa shape index (κ2) is 5.03. The standard InChI is InChI=1S/C11H17N3O2/c1-7(2)10(12)5-9-4-8(3)11(6-13-9)14(15)16/h4,6-7,10H,5,12H2,1-3H3. The van der Waals surface area contributed by atoms with Crippen LogP contribution in [0.2, 0.25) is 0 Å². The van der Waals surface area contributed by atoms with Gasteiger partial charge < -0.3 is 5.73 Å². The molecule has 0 saturated heterocycles. The number of aromatic nitrogens is 1. The zero-order valence-electron chi connectivity index (χ0n) is 9.80. The predicted molar refractivity (Wildman–Crippen MR) is 62.1 cm³/mol. The minimum absolute atomic E-state index is 0.0355. The molecule has 1 rings (SSSR count). The van der Waals surface area contributed by atoms with Gasteiger partial charge in [0.1, 0.15) is 6.20 Å². The third-order valence-corrected chi connectivity index (χ3v) is 2.64. The minimum Gasteiger partial charge on any atom is -0.327 e. The van der Waals surface area contributed by atoms with Gasteiger partial charge in [0.05, 0.1) is 4.92 Å². The molecule has 2 N–H and O–H groups in total. The highest BCUT2D eigenvalue weighted by atomic mass is 16.6. The van der Waals surface area contributed by atoms with E-state index >= 15 is 0 Å². The summed E-state index contributed by atoms with van der Waals surface area (Å²) in [6.07, 6.45) is 1.95. The van der Waals surface area contributed by atoms with Crippen LogP contribution < -0.4 is 5.73 Å². The zero-order chi connectivity index (χ0) is 12.3. The van der Waals surface area contributed by atoms with E-state index in [0.717, 1.165) is 5.69 Å². The van der Waals surface area contributed by atoms with Crippen molar-refractivity contribution in [2.45, 2.75) is 33.2 Å².